The first-order chi connectivity index (χ1) is 9.08. The molecule has 0 spiro atoms. The van der Waals surface area contributed by atoms with Crippen molar-refractivity contribution >= 4 is 27.5 Å². The van der Waals surface area contributed by atoms with Crippen molar-refractivity contribution in [3.8, 4) is 5.75 Å². The molecule has 4 heteroatoms. The predicted molar refractivity (Wildman–Crippen MR) is 79.4 cm³/mol. The van der Waals surface area contributed by atoms with Crippen LogP contribution in [0.15, 0.2) is 46.9 Å². The Morgan fingerprint density at radius 1 is 1.26 bits per heavy atom. The van der Waals surface area contributed by atoms with Gasteiger partial charge in [0, 0.05) is 4.47 Å². The summed E-state index contributed by atoms with van der Waals surface area (Å²) in [6, 6.07) is 12.4. The molecule has 19 heavy (non-hydrogen) atoms. The van der Waals surface area contributed by atoms with Gasteiger partial charge in [-0.2, -0.15) is 0 Å². The molecule has 0 radical (unpaired) electrons. The Bertz CT molecular complexity index is 554. The van der Waals surface area contributed by atoms with Crippen molar-refractivity contribution in [2.45, 2.75) is 11.8 Å². The summed E-state index contributed by atoms with van der Waals surface area (Å²) in [6.45, 7) is 0. The average molecular weight is 344 g/mol. The molecule has 1 atom stereocenters. The van der Waals surface area contributed by atoms with E-state index in [9.17, 15) is 4.39 Å². The van der Waals surface area contributed by atoms with E-state index in [1.165, 1.54) is 12.1 Å². The van der Waals surface area contributed by atoms with Crippen molar-refractivity contribution in [3.63, 3.8) is 0 Å². The molecule has 0 heterocycles. The second kappa shape index (κ2) is 6.40. The number of alkyl halides is 1. The first-order valence-electron chi connectivity index (χ1n) is 5.81. The molecule has 2 aromatic carbocycles. The number of halogens is 3. The zero-order valence-electron chi connectivity index (χ0n) is 10.4. The maximum atomic E-state index is 13.3. The first-order valence-corrected chi connectivity index (χ1v) is 7.04. The van der Waals surface area contributed by atoms with Crippen LogP contribution in [0.2, 0.25) is 0 Å². The average Bonchev–Trinajstić information content (AvgIpc) is 2.37. The molecule has 2 aromatic rings. The Morgan fingerprint density at radius 3 is 2.74 bits per heavy atom. The van der Waals surface area contributed by atoms with Crippen molar-refractivity contribution in [1.82, 2.24) is 0 Å². The van der Waals surface area contributed by atoms with Crippen LogP contribution in [0, 0.1) is 5.82 Å². The van der Waals surface area contributed by atoms with Gasteiger partial charge in [-0.1, -0.05) is 28.1 Å². The van der Waals surface area contributed by atoms with Gasteiger partial charge < -0.3 is 4.74 Å². The van der Waals surface area contributed by atoms with Gasteiger partial charge in [0.25, 0.3) is 0 Å². The Kier molecular flexibility index (Phi) is 4.83. The minimum Gasteiger partial charge on any atom is -0.497 e. The molecule has 2 rings (SSSR count). The summed E-state index contributed by atoms with van der Waals surface area (Å²) in [5, 5.41) is -0.279. The molecule has 0 saturated heterocycles. The van der Waals surface area contributed by atoms with Crippen LogP contribution in [0.3, 0.4) is 0 Å². The molecule has 0 N–H and O–H groups in total. The predicted octanol–water partition coefficient (Wildman–Crippen LogP) is 5.12. The van der Waals surface area contributed by atoms with E-state index >= 15 is 0 Å². The standard InChI is InChI=1S/C15H13BrClFO/c1-19-14-4-2-3-10(5-14)6-15(17)11-7-12(16)9-13(18)8-11/h2-5,7-9,15H,6H2,1H3. The lowest BCUT2D eigenvalue weighted by atomic mass is 10.0. The van der Waals surface area contributed by atoms with Crippen molar-refractivity contribution in [3.05, 3.63) is 63.9 Å². The van der Waals surface area contributed by atoms with Gasteiger partial charge in [0.1, 0.15) is 11.6 Å². The highest BCUT2D eigenvalue weighted by Gasteiger charge is 2.11. The van der Waals surface area contributed by atoms with Gasteiger partial charge in [0.05, 0.1) is 12.5 Å². The second-order valence-electron chi connectivity index (χ2n) is 4.23. The topological polar surface area (TPSA) is 9.23 Å². The van der Waals surface area contributed by atoms with E-state index < -0.39 is 0 Å². The van der Waals surface area contributed by atoms with E-state index in [2.05, 4.69) is 15.9 Å². The molecule has 0 aliphatic rings. The quantitative estimate of drug-likeness (QED) is 0.700. The van der Waals surface area contributed by atoms with E-state index in [4.69, 9.17) is 16.3 Å². The SMILES string of the molecule is COc1cccc(CC(Cl)c2cc(F)cc(Br)c2)c1. The van der Waals surface area contributed by atoms with Crippen LogP contribution >= 0.6 is 27.5 Å². The van der Waals surface area contributed by atoms with Crippen LogP contribution in [0.4, 0.5) is 4.39 Å². The lowest BCUT2D eigenvalue weighted by molar-refractivity contribution is 0.414. The van der Waals surface area contributed by atoms with Gasteiger partial charge in [0.2, 0.25) is 0 Å². The summed E-state index contributed by atoms with van der Waals surface area (Å²) in [5.41, 5.74) is 1.82. The van der Waals surface area contributed by atoms with E-state index in [0.29, 0.717) is 10.9 Å². The van der Waals surface area contributed by atoms with E-state index in [0.717, 1.165) is 16.9 Å². The Hall–Kier alpha value is -1.06. The van der Waals surface area contributed by atoms with E-state index in [-0.39, 0.29) is 11.2 Å². The van der Waals surface area contributed by atoms with Crippen molar-refractivity contribution in [1.29, 1.82) is 0 Å². The van der Waals surface area contributed by atoms with Gasteiger partial charge >= 0.3 is 0 Å². The lowest BCUT2D eigenvalue weighted by Crippen LogP contribution is -1.97. The summed E-state index contributed by atoms with van der Waals surface area (Å²) < 4.78 is 19.2. The van der Waals surface area contributed by atoms with Crippen molar-refractivity contribution in [2.24, 2.45) is 0 Å². The molecule has 0 aliphatic heterocycles. The van der Waals surface area contributed by atoms with Gasteiger partial charge in [-0.3, -0.25) is 0 Å². The molecule has 1 nitrogen and oxygen atoms in total. The van der Waals surface area contributed by atoms with Crippen molar-refractivity contribution < 1.29 is 9.13 Å². The molecule has 100 valence electrons. The number of hydrogen-bond donors (Lipinski definition) is 0. The first kappa shape index (κ1) is 14.4. The van der Waals surface area contributed by atoms with Crippen LogP contribution in [0.25, 0.3) is 0 Å². The molecule has 0 amide bonds. The molecular weight excluding hydrogens is 331 g/mol. The normalized spacial score (nSPS) is 12.2. The van der Waals surface area contributed by atoms with E-state index in [1.54, 1.807) is 7.11 Å². The van der Waals surface area contributed by atoms with Crippen LogP contribution in [0.5, 0.6) is 5.75 Å². The van der Waals surface area contributed by atoms with Crippen LogP contribution in [0.1, 0.15) is 16.5 Å². The fourth-order valence-electron chi connectivity index (χ4n) is 1.88. The highest BCUT2D eigenvalue weighted by atomic mass is 79.9. The number of methoxy groups -OCH3 is 1. The molecule has 0 aliphatic carbocycles. The lowest BCUT2D eigenvalue weighted by Gasteiger charge is -2.11. The maximum absolute atomic E-state index is 13.3. The highest BCUT2D eigenvalue weighted by Crippen LogP contribution is 2.29. The molecule has 1 unspecified atom stereocenters. The molecule has 0 saturated carbocycles. The molecule has 0 aromatic heterocycles. The summed E-state index contributed by atoms with van der Waals surface area (Å²) in [7, 11) is 1.63. The third kappa shape index (κ3) is 3.95. The van der Waals surface area contributed by atoms with E-state index in [1.807, 2.05) is 30.3 Å². The zero-order valence-corrected chi connectivity index (χ0v) is 12.7. The minimum atomic E-state index is -0.291. The van der Waals surface area contributed by atoms with Crippen LogP contribution in [-0.2, 0) is 6.42 Å². The summed E-state index contributed by atoms with van der Waals surface area (Å²) in [6.07, 6.45) is 0.620. The highest BCUT2D eigenvalue weighted by molar-refractivity contribution is 9.10. The van der Waals surface area contributed by atoms with Crippen LogP contribution < -0.4 is 4.74 Å². The third-order valence-corrected chi connectivity index (χ3v) is 3.66. The Labute approximate surface area is 125 Å². The number of hydrogen-bond acceptors (Lipinski definition) is 1. The van der Waals surface area contributed by atoms with Gasteiger partial charge in [0.15, 0.2) is 0 Å². The fourth-order valence-corrected chi connectivity index (χ4v) is 2.67. The maximum Gasteiger partial charge on any atom is 0.124 e. The summed E-state index contributed by atoms with van der Waals surface area (Å²) in [5.74, 6) is 0.502. The second-order valence-corrected chi connectivity index (χ2v) is 5.67. The third-order valence-electron chi connectivity index (χ3n) is 2.80. The zero-order chi connectivity index (χ0) is 13.8. The van der Waals surface area contributed by atoms with Gasteiger partial charge in [-0.15, -0.1) is 11.6 Å². The molecule has 0 fully saturated rings. The largest absolute Gasteiger partial charge is 0.497 e. The smallest absolute Gasteiger partial charge is 0.124 e. The Morgan fingerprint density at radius 2 is 2.05 bits per heavy atom. The minimum absolute atomic E-state index is 0.279. The number of rotatable bonds is 4. The van der Waals surface area contributed by atoms with Gasteiger partial charge in [-0.25, -0.2) is 4.39 Å². The number of ether oxygens (including phenoxy) is 1. The monoisotopic (exact) mass is 342 g/mol. The molecular formula is C15H13BrClFO. The Balaban J connectivity index is 2.17. The van der Waals surface area contributed by atoms with Crippen LogP contribution in [-0.4, -0.2) is 7.11 Å². The number of benzene rings is 2. The fraction of sp³-hybridized carbons (Fsp3) is 0.200. The van der Waals surface area contributed by atoms with Crippen molar-refractivity contribution in [2.75, 3.05) is 7.11 Å². The molecule has 0 bridgehead atoms. The van der Waals surface area contributed by atoms with Gasteiger partial charge in [-0.05, 0) is 47.9 Å². The summed E-state index contributed by atoms with van der Waals surface area (Å²) >= 11 is 9.62. The summed E-state index contributed by atoms with van der Waals surface area (Å²) in [4.78, 5) is 0.